The zero-order chi connectivity index (χ0) is 13.5. The van der Waals surface area contributed by atoms with E-state index >= 15 is 0 Å². The highest BCUT2D eigenvalue weighted by Gasteiger charge is 2.10. The molecule has 1 atom stereocenters. The first-order valence-electron chi connectivity index (χ1n) is 6.67. The van der Waals surface area contributed by atoms with Crippen molar-refractivity contribution in [3.8, 4) is 5.75 Å². The van der Waals surface area contributed by atoms with Crippen molar-refractivity contribution in [2.24, 2.45) is 0 Å². The van der Waals surface area contributed by atoms with Crippen molar-refractivity contribution in [1.82, 2.24) is 4.90 Å². The highest BCUT2D eigenvalue weighted by Crippen LogP contribution is 2.18. The zero-order valence-electron chi connectivity index (χ0n) is 11.9. The van der Waals surface area contributed by atoms with Crippen LogP contribution in [0.25, 0.3) is 0 Å². The highest BCUT2D eigenvalue weighted by molar-refractivity contribution is 5.35. The third-order valence-electron chi connectivity index (χ3n) is 3.13. The van der Waals surface area contributed by atoms with Crippen LogP contribution in [0, 0.1) is 13.8 Å². The summed E-state index contributed by atoms with van der Waals surface area (Å²) >= 11 is 0. The normalized spacial score (nSPS) is 12.8. The van der Waals surface area contributed by atoms with Gasteiger partial charge in [-0.2, -0.15) is 0 Å². The lowest BCUT2D eigenvalue weighted by Crippen LogP contribution is -2.35. The summed E-state index contributed by atoms with van der Waals surface area (Å²) in [6.45, 7) is 11.2. The number of ether oxygens (including phenoxy) is 1. The summed E-state index contributed by atoms with van der Waals surface area (Å²) in [5.41, 5.74) is 2.34. The lowest BCUT2D eigenvalue weighted by molar-refractivity contribution is 0.0714. The molecule has 0 aliphatic heterocycles. The molecule has 0 aliphatic carbocycles. The summed E-state index contributed by atoms with van der Waals surface area (Å²) in [6, 6.07) is 6.08. The van der Waals surface area contributed by atoms with E-state index < -0.39 is 6.10 Å². The maximum Gasteiger partial charge on any atom is 0.122 e. The third kappa shape index (κ3) is 4.67. The summed E-state index contributed by atoms with van der Waals surface area (Å²) in [7, 11) is 0. The lowest BCUT2D eigenvalue weighted by Gasteiger charge is -2.22. The summed E-state index contributed by atoms with van der Waals surface area (Å²) in [5.74, 6) is 0.860. The van der Waals surface area contributed by atoms with Crippen LogP contribution in [-0.4, -0.2) is 42.4 Å². The van der Waals surface area contributed by atoms with Gasteiger partial charge in [-0.15, -0.1) is 0 Å². The molecule has 0 heterocycles. The number of aryl methyl sites for hydroxylation is 2. The Morgan fingerprint density at radius 3 is 2.44 bits per heavy atom. The second-order valence-corrected chi connectivity index (χ2v) is 4.72. The van der Waals surface area contributed by atoms with Crippen molar-refractivity contribution in [1.29, 1.82) is 0 Å². The van der Waals surface area contributed by atoms with Gasteiger partial charge in [-0.05, 0) is 38.6 Å². The van der Waals surface area contributed by atoms with E-state index in [1.54, 1.807) is 0 Å². The zero-order valence-corrected chi connectivity index (χ0v) is 11.9. The van der Waals surface area contributed by atoms with E-state index in [1.807, 2.05) is 19.1 Å². The van der Waals surface area contributed by atoms with Gasteiger partial charge in [0.15, 0.2) is 0 Å². The number of rotatable bonds is 7. The van der Waals surface area contributed by atoms with E-state index in [0.29, 0.717) is 13.2 Å². The molecule has 0 saturated carbocycles. The summed E-state index contributed by atoms with van der Waals surface area (Å²) in [5, 5.41) is 9.92. The standard InChI is InChI=1S/C15H25NO2/c1-5-16(6-2)10-14(17)11-18-15-8-7-12(3)9-13(15)4/h7-9,14,17H,5-6,10-11H2,1-4H3. The Hall–Kier alpha value is -1.06. The first kappa shape index (κ1) is 15.0. The van der Waals surface area contributed by atoms with Crippen molar-refractivity contribution in [2.75, 3.05) is 26.2 Å². The van der Waals surface area contributed by atoms with Crippen LogP contribution in [0.1, 0.15) is 25.0 Å². The Kier molecular flexibility index (Phi) is 6.16. The summed E-state index contributed by atoms with van der Waals surface area (Å²) < 4.78 is 5.67. The minimum Gasteiger partial charge on any atom is -0.491 e. The van der Waals surface area contributed by atoms with E-state index in [1.165, 1.54) is 5.56 Å². The van der Waals surface area contributed by atoms with Gasteiger partial charge in [0, 0.05) is 6.54 Å². The average Bonchev–Trinajstić information content (AvgIpc) is 2.35. The van der Waals surface area contributed by atoms with E-state index in [2.05, 4.69) is 31.7 Å². The average molecular weight is 251 g/mol. The first-order valence-corrected chi connectivity index (χ1v) is 6.67. The van der Waals surface area contributed by atoms with Crippen LogP contribution in [0.3, 0.4) is 0 Å². The fraction of sp³-hybridized carbons (Fsp3) is 0.600. The van der Waals surface area contributed by atoms with Gasteiger partial charge in [0.25, 0.3) is 0 Å². The van der Waals surface area contributed by atoms with Crippen molar-refractivity contribution in [2.45, 2.75) is 33.8 Å². The molecular weight excluding hydrogens is 226 g/mol. The monoisotopic (exact) mass is 251 g/mol. The predicted octanol–water partition coefficient (Wildman–Crippen LogP) is 2.38. The Bertz CT molecular complexity index is 362. The second-order valence-electron chi connectivity index (χ2n) is 4.72. The third-order valence-corrected chi connectivity index (χ3v) is 3.13. The van der Waals surface area contributed by atoms with Crippen LogP contribution in [0.15, 0.2) is 18.2 Å². The van der Waals surface area contributed by atoms with Gasteiger partial charge in [0.1, 0.15) is 18.5 Å². The number of nitrogens with zero attached hydrogens (tertiary/aromatic N) is 1. The van der Waals surface area contributed by atoms with E-state index in [4.69, 9.17) is 4.74 Å². The van der Waals surface area contributed by atoms with Gasteiger partial charge in [0.2, 0.25) is 0 Å². The SMILES string of the molecule is CCN(CC)CC(O)COc1ccc(C)cc1C. The number of hydrogen-bond donors (Lipinski definition) is 1. The predicted molar refractivity (Wildman–Crippen MR) is 75.2 cm³/mol. The van der Waals surface area contributed by atoms with Crippen molar-refractivity contribution in [3.05, 3.63) is 29.3 Å². The van der Waals surface area contributed by atoms with Crippen LogP contribution in [0.2, 0.25) is 0 Å². The molecule has 3 nitrogen and oxygen atoms in total. The molecule has 1 rings (SSSR count). The van der Waals surface area contributed by atoms with Crippen LogP contribution in [-0.2, 0) is 0 Å². The lowest BCUT2D eigenvalue weighted by atomic mass is 10.1. The fourth-order valence-electron chi connectivity index (χ4n) is 1.98. The Morgan fingerprint density at radius 1 is 1.22 bits per heavy atom. The smallest absolute Gasteiger partial charge is 0.122 e. The summed E-state index contributed by atoms with van der Waals surface area (Å²) in [6.07, 6.45) is -0.439. The number of likely N-dealkylation sites (N-methyl/N-ethyl adjacent to an activating group) is 1. The van der Waals surface area contributed by atoms with Crippen molar-refractivity contribution >= 4 is 0 Å². The molecule has 0 amide bonds. The van der Waals surface area contributed by atoms with E-state index in [9.17, 15) is 5.11 Å². The second kappa shape index (κ2) is 7.39. The Labute approximate surface area is 110 Å². The summed E-state index contributed by atoms with van der Waals surface area (Å²) in [4.78, 5) is 2.19. The quantitative estimate of drug-likeness (QED) is 0.807. The number of aliphatic hydroxyl groups is 1. The molecule has 102 valence electrons. The molecule has 1 aromatic rings. The molecule has 1 N–H and O–H groups in total. The van der Waals surface area contributed by atoms with Crippen LogP contribution >= 0.6 is 0 Å². The molecule has 0 fully saturated rings. The minimum absolute atomic E-state index is 0.348. The first-order chi connectivity index (χ1) is 8.56. The number of benzene rings is 1. The molecule has 1 aromatic carbocycles. The van der Waals surface area contributed by atoms with Crippen molar-refractivity contribution < 1.29 is 9.84 Å². The van der Waals surface area contributed by atoms with Crippen LogP contribution in [0.4, 0.5) is 0 Å². The molecule has 0 aromatic heterocycles. The van der Waals surface area contributed by atoms with Gasteiger partial charge in [0.05, 0.1) is 0 Å². The molecule has 0 aliphatic rings. The molecule has 18 heavy (non-hydrogen) atoms. The van der Waals surface area contributed by atoms with Gasteiger partial charge in [-0.3, -0.25) is 0 Å². The highest BCUT2D eigenvalue weighted by atomic mass is 16.5. The molecular formula is C15H25NO2. The topological polar surface area (TPSA) is 32.7 Å². The number of aliphatic hydroxyl groups excluding tert-OH is 1. The van der Waals surface area contributed by atoms with Gasteiger partial charge < -0.3 is 14.7 Å². The maximum absolute atomic E-state index is 9.92. The number of hydrogen-bond acceptors (Lipinski definition) is 3. The van der Waals surface area contributed by atoms with Gasteiger partial charge in [-0.25, -0.2) is 0 Å². The molecule has 1 unspecified atom stereocenters. The van der Waals surface area contributed by atoms with E-state index in [-0.39, 0.29) is 0 Å². The Balaban J connectivity index is 2.44. The molecule has 3 heteroatoms. The van der Waals surface area contributed by atoms with Crippen molar-refractivity contribution in [3.63, 3.8) is 0 Å². The van der Waals surface area contributed by atoms with Crippen LogP contribution in [0.5, 0.6) is 5.75 Å². The van der Waals surface area contributed by atoms with E-state index in [0.717, 1.165) is 24.4 Å². The molecule has 0 bridgehead atoms. The molecule has 0 radical (unpaired) electrons. The van der Waals surface area contributed by atoms with Gasteiger partial charge >= 0.3 is 0 Å². The minimum atomic E-state index is -0.439. The Morgan fingerprint density at radius 2 is 1.89 bits per heavy atom. The molecule has 0 spiro atoms. The fourth-order valence-corrected chi connectivity index (χ4v) is 1.98. The van der Waals surface area contributed by atoms with Gasteiger partial charge in [-0.1, -0.05) is 31.5 Å². The van der Waals surface area contributed by atoms with Crippen LogP contribution < -0.4 is 4.74 Å². The molecule has 0 saturated heterocycles. The largest absolute Gasteiger partial charge is 0.491 e. The maximum atomic E-state index is 9.92.